The van der Waals surface area contributed by atoms with Crippen molar-refractivity contribution in [3.63, 3.8) is 0 Å². The molecule has 2 bridgehead atoms. The van der Waals surface area contributed by atoms with Crippen molar-refractivity contribution in [1.29, 1.82) is 0 Å². The fourth-order valence-electron chi connectivity index (χ4n) is 4.49. The van der Waals surface area contributed by atoms with Gasteiger partial charge in [-0.3, -0.25) is 9.69 Å². The number of carbonyl (C=O) groups is 1. The molecule has 4 rings (SSSR count). The van der Waals surface area contributed by atoms with Crippen molar-refractivity contribution in [3.8, 4) is 11.5 Å². The smallest absolute Gasteiger partial charge is 0.224 e. The Kier molecular flexibility index (Phi) is 8.44. The number of nitrogens with one attached hydrogen (secondary N) is 2. The lowest BCUT2D eigenvalue weighted by molar-refractivity contribution is -0.127. The van der Waals surface area contributed by atoms with E-state index >= 15 is 0 Å². The number of hydrogen-bond donors (Lipinski definition) is 2. The molecule has 2 heterocycles. The van der Waals surface area contributed by atoms with Crippen LogP contribution in [0.5, 0.6) is 11.5 Å². The standard InChI is InChI=1S/C26H35N3O4/c1-31-24-6-2-4-20(16-24)9-10-27-23-7-8-25-22(17-23)19-29-12-3-5-21(18-29)26(30)28-11-13-32-14-15-33-25/h2,4,6-8,16-17,21,27H,3,5,9-15,18-19H2,1H3,(H,28,30). The summed E-state index contributed by atoms with van der Waals surface area (Å²) in [6.07, 6.45) is 2.88. The van der Waals surface area contributed by atoms with E-state index in [1.807, 2.05) is 18.2 Å². The van der Waals surface area contributed by atoms with Gasteiger partial charge in [0.2, 0.25) is 5.91 Å². The normalized spacial score (nSPS) is 21.7. The number of carbonyl (C=O) groups excluding carboxylic acids is 1. The molecule has 2 atom stereocenters. The molecule has 0 spiro atoms. The highest BCUT2D eigenvalue weighted by molar-refractivity contribution is 5.78. The van der Waals surface area contributed by atoms with E-state index in [-0.39, 0.29) is 11.8 Å². The molecule has 0 saturated carbocycles. The van der Waals surface area contributed by atoms with Crippen LogP contribution in [0.4, 0.5) is 5.69 Å². The van der Waals surface area contributed by atoms with E-state index in [1.54, 1.807) is 7.11 Å². The van der Waals surface area contributed by atoms with Crippen LogP contribution in [-0.4, -0.2) is 63.9 Å². The van der Waals surface area contributed by atoms with Crippen LogP contribution in [0.3, 0.4) is 0 Å². The summed E-state index contributed by atoms with van der Waals surface area (Å²) in [4.78, 5) is 14.9. The first-order valence-corrected chi connectivity index (χ1v) is 11.9. The number of fused-ring (bicyclic) bond motifs is 3. The van der Waals surface area contributed by atoms with Crippen molar-refractivity contribution >= 4 is 11.6 Å². The third-order valence-electron chi connectivity index (χ3n) is 6.24. The van der Waals surface area contributed by atoms with Crippen LogP contribution < -0.4 is 20.1 Å². The molecule has 0 aromatic heterocycles. The van der Waals surface area contributed by atoms with Crippen molar-refractivity contribution in [2.24, 2.45) is 5.92 Å². The van der Waals surface area contributed by atoms with Crippen LogP contribution in [-0.2, 0) is 22.5 Å². The average molecular weight is 454 g/mol. The Balaban J connectivity index is 1.43. The summed E-state index contributed by atoms with van der Waals surface area (Å²) in [5.41, 5.74) is 3.45. The minimum absolute atomic E-state index is 0.0373. The molecule has 2 unspecified atom stereocenters. The average Bonchev–Trinajstić information content (AvgIpc) is 2.84. The van der Waals surface area contributed by atoms with E-state index in [2.05, 4.69) is 39.8 Å². The maximum absolute atomic E-state index is 12.5. The lowest BCUT2D eigenvalue weighted by atomic mass is 9.96. The molecule has 1 amide bonds. The molecule has 7 nitrogen and oxygen atoms in total. The molecule has 7 heteroatoms. The number of piperidine rings is 1. The van der Waals surface area contributed by atoms with Crippen LogP contribution in [0.15, 0.2) is 42.5 Å². The van der Waals surface area contributed by atoms with Gasteiger partial charge in [-0.1, -0.05) is 12.1 Å². The Bertz CT molecular complexity index is 920. The molecule has 2 aliphatic heterocycles. The van der Waals surface area contributed by atoms with Gasteiger partial charge in [-0.05, 0) is 61.7 Å². The molecule has 2 N–H and O–H groups in total. The molecule has 2 aromatic carbocycles. The van der Waals surface area contributed by atoms with Crippen molar-refractivity contribution in [2.45, 2.75) is 25.8 Å². The van der Waals surface area contributed by atoms with Crippen LogP contribution >= 0.6 is 0 Å². The second-order valence-electron chi connectivity index (χ2n) is 8.68. The first kappa shape index (κ1) is 23.4. The van der Waals surface area contributed by atoms with Gasteiger partial charge < -0.3 is 24.8 Å². The Morgan fingerprint density at radius 3 is 3.03 bits per heavy atom. The predicted molar refractivity (Wildman–Crippen MR) is 129 cm³/mol. The number of benzene rings is 2. The van der Waals surface area contributed by atoms with E-state index in [4.69, 9.17) is 14.2 Å². The molecule has 0 radical (unpaired) electrons. The fraction of sp³-hybridized carbons (Fsp3) is 0.500. The summed E-state index contributed by atoms with van der Waals surface area (Å²) in [5, 5.41) is 6.56. The molecular formula is C26H35N3O4. The summed E-state index contributed by atoms with van der Waals surface area (Å²) in [5.74, 6) is 1.95. The largest absolute Gasteiger partial charge is 0.497 e. The van der Waals surface area contributed by atoms with Crippen molar-refractivity contribution in [1.82, 2.24) is 10.2 Å². The second kappa shape index (κ2) is 11.9. The predicted octanol–water partition coefficient (Wildman–Crippen LogP) is 3.09. The number of nitrogens with zero attached hydrogens (tertiary/aromatic N) is 1. The number of ether oxygens (including phenoxy) is 3. The van der Waals surface area contributed by atoms with E-state index in [0.29, 0.717) is 26.4 Å². The molecule has 1 saturated heterocycles. The second-order valence-corrected chi connectivity index (χ2v) is 8.68. The number of rotatable bonds is 5. The SMILES string of the molecule is COc1cccc(CCNc2ccc3c(c2)CN2CCCC(C2)C(=O)NCCOCCO3)c1. The van der Waals surface area contributed by atoms with E-state index in [9.17, 15) is 4.79 Å². The van der Waals surface area contributed by atoms with E-state index < -0.39 is 0 Å². The zero-order valence-corrected chi connectivity index (χ0v) is 19.5. The number of methoxy groups -OCH3 is 1. The Morgan fingerprint density at radius 1 is 1.18 bits per heavy atom. The van der Waals surface area contributed by atoms with Crippen molar-refractivity contribution in [3.05, 3.63) is 53.6 Å². The fourth-order valence-corrected chi connectivity index (χ4v) is 4.49. The highest BCUT2D eigenvalue weighted by atomic mass is 16.5. The minimum Gasteiger partial charge on any atom is -0.497 e. The summed E-state index contributed by atoms with van der Waals surface area (Å²) in [6.45, 7) is 5.43. The quantitative estimate of drug-likeness (QED) is 0.725. The van der Waals surface area contributed by atoms with Gasteiger partial charge in [0.15, 0.2) is 0 Å². The first-order valence-electron chi connectivity index (χ1n) is 11.9. The molecular weight excluding hydrogens is 418 g/mol. The van der Waals surface area contributed by atoms with Crippen molar-refractivity contribution < 1.29 is 19.0 Å². The summed E-state index contributed by atoms with van der Waals surface area (Å²) in [7, 11) is 1.69. The summed E-state index contributed by atoms with van der Waals surface area (Å²) in [6, 6.07) is 14.5. The summed E-state index contributed by atoms with van der Waals surface area (Å²) < 4.78 is 17.0. The molecule has 0 aliphatic carbocycles. The lowest BCUT2D eigenvalue weighted by Crippen LogP contribution is -2.43. The van der Waals surface area contributed by atoms with E-state index in [0.717, 1.165) is 68.2 Å². The highest BCUT2D eigenvalue weighted by Crippen LogP contribution is 2.27. The zero-order chi connectivity index (χ0) is 22.9. The molecule has 2 aromatic rings. The van der Waals surface area contributed by atoms with E-state index in [1.165, 1.54) is 5.56 Å². The third kappa shape index (κ3) is 6.85. The Hall–Kier alpha value is -2.77. The maximum atomic E-state index is 12.5. The minimum atomic E-state index is 0.0373. The Morgan fingerprint density at radius 2 is 2.12 bits per heavy atom. The van der Waals surface area contributed by atoms with Crippen LogP contribution in [0.2, 0.25) is 0 Å². The third-order valence-corrected chi connectivity index (χ3v) is 6.24. The van der Waals surface area contributed by atoms with Crippen LogP contribution in [0.25, 0.3) is 0 Å². The Labute approximate surface area is 196 Å². The number of hydrogen-bond acceptors (Lipinski definition) is 6. The van der Waals surface area contributed by atoms with Gasteiger partial charge in [-0.15, -0.1) is 0 Å². The van der Waals surface area contributed by atoms with Gasteiger partial charge in [-0.25, -0.2) is 0 Å². The molecule has 1 fully saturated rings. The number of anilines is 1. The van der Waals surface area contributed by atoms with Crippen LogP contribution in [0.1, 0.15) is 24.0 Å². The van der Waals surface area contributed by atoms with Gasteiger partial charge in [0.05, 0.1) is 26.2 Å². The first-order chi connectivity index (χ1) is 16.2. The van der Waals surface area contributed by atoms with Gasteiger partial charge in [-0.2, -0.15) is 0 Å². The molecule has 33 heavy (non-hydrogen) atoms. The highest BCUT2D eigenvalue weighted by Gasteiger charge is 2.26. The van der Waals surface area contributed by atoms with Gasteiger partial charge in [0, 0.05) is 37.4 Å². The molecule has 2 aliphatic rings. The maximum Gasteiger partial charge on any atom is 0.224 e. The monoisotopic (exact) mass is 453 g/mol. The van der Waals surface area contributed by atoms with Gasteiger partial charge in [0.25, 0.3) is 0 Å². The van der Waals surface area contributed by atoms with Crippen LogP contribution in [0, 0.1) is 5.92 Å². The lowest BCUT2D eigenvalue weighted by Gasteiger charge is -2.32. The topological polar surface area (TPSA) is 72.1 Å². The van der Waals surface area contributed by atoms with Crippen molar-refractivity contribution in [2.75, 3.05) is 58.4 Å². The summed E-state index contributed by atoms with van der Waals surface area (Å²) >= 11 is 0. The zero-order valence-electron chi connectivity index (χ0n) is 19.5. The number of amides is 1. The molecule has 178 valence electrons. The van der Waals surface area contributed by atoms with Gasteiger partial charge >= 0.3 is 0 Å². The van der Waals surface area contributed by atoms with Gasteiger partial charge in [0.1, 0.15) is 18.1 Å².